The maximum atomic E-state index is 13.8. The van der Waals surface area contributed by atoms with Crippen molar-refractivity contribution in [2.45, 2.75) is 31.4 Å². The van der Waals surface area contributed by atoms with Gasteiger partial charge in [0.2, 0.25) is 15.9 Å². The molecule has 0 saturated carbocycles. The number of anilines is 2. The standard InChI is InChI=1S/C45H38F6N6O7S/c46-44(47,48)30-8-12-32(13-9-30)55-40-18-17-36(64-34-5-2-1-3-6-34)24-37(40)39(54-55)25-53-65(60,61)22-4-7-43(58)52-26-42-38-23-35(63-28-29-20-21-62-27-29)16-19-41(38)56(57(42)59)33-14-10-31(11-15-33)45(49,50)51/h1-19,23-24,29,42,53H,20-22,25-28H2/p+1/b7-4-. The molecule has 2 atom stereocenters. The van der Waals surface area contributed by atoms with Crippen molar-refractivity contribution in [3.63, 3.8) is 0 Å². The number of sulfonamides is 1. The van der Waals surface area contributed by atoms with Crippen LogP contribution in [0.15, 0.2) is 127 Å². The van der Waals surface area contributed by atoms with Crippen LogP contribution in [-0.4, -0.2) is 61.1 Å². The van der Waals surface area contributed by atoms with Crippen molar-refractivity contribution in [3.05, 3.63) is 155 Å². The summed E-state index contributed by atoms with van der Waals surface area (Å²) in [6, 6.07) is 26.1. The lowest BCUT2D eigenvalue weighted by Crippen LogP contribution is -2.33. The highest BCUT2D eigenvalue weighted by atomic mass is 32.2. The molecule has 0 bridgehead atoms. The third-order valence-electron chi connectivity index (χ3n) is 10.7. The van der Waals surface area contributed by atoms with Crippen LogP contribution in [0.1, 0.15) is 34.8 Å². The van der Waals surface area contributed by atoms with E-state index in [0.29, 0.717) is 69.8 Å². The average molecular weight is 922 g/mol. The van der Waals surface area contributed by atoms with Crippen molar-refractivity contribution >= 4 is 38.2 Å². The normalized spacial score (nSPS) is 16.6. The summed E-state index contributed by atoms with van der Waals surface area (Å²) in [5.41, 5.74) is 0.184. The fourth-order valence-electron chi connectivity index (χ4n) is 7.35. The predicted molar refractivity (Wildman–Crippen MR) is 226 cm³/mol. The van der Waals surface area contributed by atoms with Gasteiger partial charge in [-0.15, -0.1) is 0 Å². The minimum atomic E-state index is -4.59. The van der Waals surface area contributed by atoms with Gasteiger partial charge in [-0.25, -0.2) is 17.8 Å². The molecular formula is C45H39F6N6O7S+. The Kier molecular flexibility index (Phi) is 12.7. The number of nitroso groups, excluding NO2 is 1. The molecule has 1 saturated heterocycles. The molecule has 2 unspecified atom stereocenters. The third kappa shape index (κ3) is 10.5. The smallest absolute Gasteiger partial charge is 0.416 e. The van der Waals surface area contributed by atoms with Crippen LogP contribution in [0.4, 0.5) is 37.7 Å². The molecule has 2 aliphatic rings. The second kappa shape index (κ2) is 18.4. The van der Waals surface area contributed by atoms with Gasteiger partial charge in [0.1, 0.15) is 33.5 Å². The van der Waals surface area contributed by atoms with E-state index in [0.717, 1.165) is 42.8 Å². The summed E-state index contributed by atoms with van der Waals surface area (Å²) in [7, 11) is -4.11. The summed E-state index contributed by atoms with van der Waals surface area (Å²) in [5.74, 6) is 0.164. The number of rotatable bonds is 15. The molecule has 65 heavy (non-hydrogen) atoms. The molecule has 2 N–H and O–H groups in total. The van der Waals surface area contributed by atoms with Crippen molar-refractivity contribution in [2.24, 2.45) is 5.92 Å². The Morgan fingerprint density at radius 1 is 0.846 bits per heavy atom. The Bertz CT molecular complexity index is 2830. The SMILES string of the molecule is O=C(/C=C\CS(=O)(=O)NCc1nn(-c2ccc(C(F)(F)F)cc2)c2ccc(Oc3ccccc3)cc12)NCC1c2cc(OCC3CCOC3)ccc2N(c2ccc(C(F)(F)F)cc2)[N+]1=O. The highest BCUT2D eigenvalue weighted by Crippen LogP contribution is 2.44. The molecular weight excluding hydrogens is 883 g/mol. The fourth-order valence-corrected chi connectivity index (χ4v) is 8.17. The molecule has 13 nitrogen and oxygen atoms in total. The first-order valence-corrected chi connectivity index (χ1v) is 21.8. The van der Waals surface area contributed by atoms with E-state index >= 15 is 0 Å². The first kappa shape index (κ1) is 44.8. The minimum Gasteiger partial charge on any atom is -0.493 e. The first-order valence-electron chi connectivity index (χ1n) is 20.1. The van der Waals surface area contributed by atoms with E-state index in [4.69, 9.17) is 14.2 Å². The van der Waals surface area contributed by atoms with Gasteiger partial charge in [-0.05, 0) is 110 Å². The van der Waals surface area contributed by atoms with Crippen LogP contribution in [0.3, 0.4) is 0 Å². The summed E-state index contributed by atoms with van der Waals surface area (Å²) >= 11 is 0. The zero-order chi connectivity index (χ0) is 45.9. The summed E-state index contributed by atoms with van der Waals surface area (Å²) < 4.78 is 128. The van der Waals surface area contributed by atoms with Crippen molar-refractivity contribution in [3.8, 4) is 22.9 Å². The molecule has 5 aromatic carbocycles. The minimum absolute atomic E-state index is 0.151. The zero-order valence-electron chi connectivity index (χ0n) is 34.1. The Hall–Kier alpha value is -6.77. The number of carbonyl (C=O) groups is 1. The molecule has 1 aromatic heterocycles. The van der Waals surface area contributed by atoms with Gasteiger partial charge in [-0.1, -0.05) is 29.3 Å². The first-order chi connectivity index (χ1) is 31.0. The van der Waals surface area contributed by atoms with E-state index < -0.39 is 51.2 Å². The highest BCUT2D eigenvalue weighted by Gasteiger charge is 2.47. The number of aromatic nitrogens is 2. The highest BCUT2D eigenvalue weighted by molar-refractivity contribution is 7.89. The number of nitrogens with one attached hydrogen (secondary N) is 2. The molecule has 0 spiro atoms. The molecule has 0 radical (unpaired) electrons. The average Bonchev–Trinajstić information content (AvgIpc) is 4.00. The summed E-state index contributed by atoms with van der Waals surface area (Å²) in [5, 5.41) is 8.81. The lowest BCUT2D eigenvalue weighted by Gasteiger charge is -2.13. The lowest BCUT2D eigenvalue weighted by molar-refractivity contribution is -0.584. The number of halogens is 6. The Balaban J connectivity index is 0.947. The molecule has 3 heterocycles. The number of hydrogen-bond acceptors (Lipinski definition) is 8. The van der Waals surface area contributed by atoms with Crippen LogP contribution >= 0.6 is 0 Å². The number of nitrogens with zero attached hydrogens (tertiary/aromatic N) is 4. The molecule has 20 heteroatoms. The van der Waals surface area contributed by atoms with Crippen molar-refractivity contribution in [2.75, 3.05) is 37.1 Å². The van der Waals surface area contributed by atoms with Crippen molar-refractivity contribution in [1.29, 1.82) is 0 Å². The number of amides is 1. The second-order valence-corrected chi connectivity index (χ2v) is 17.0. The van der Waals surface area contributed by atoms with Crippen molar-refractivity contribution in [1.82, 2.24) is 19.8 Å². The molecule has 6 aromatic rings. The van der Waals surface area contributed by atoms with Gasteiger partial charge < -0.3 is 19.5 Å². The topological polar surface area (TPSA) is 144 Å². The van der Waals surface area contributed by atoms with Crippen LogP contribution in [0.25, 0.3) is 16.6 Å². The number of hydrazine groups is 1. The van der Waals surface area contributed by atoms with Gasteiger partial charge in [0, 0.05) is 17.9 Å². The molecule has 2 aliphatic heterocycles. The van der Waals surface area contributed by atoms with Gasteiger partial charge >= 0.3 is 12.4 Å². The Morgan fingerprint density at radius 3 is 2.18 bits per heavy atom. The van der Waals surface area contributed by atoms with Gasteiger partial charge in [-0.2, -0.15) is 31.4 Å². The molecule has 1 fully saturated rings. The summed E-state index contributed by atoms with van der Waals surface area (Å²) in [6.07, 6.45) is -6.23. The van der Waals surface area contributed by atoms with E-state index in [-0.39, 0.29) is 30.4 Å². The Labute approximate surface area is 367 Å². The summed E-state index contributed by atoms with van der Waals surface area (Å²) in [6.45, 7) is 0.922. The molecule has 8 rings (SSSR count). The zero-order valence-corrected chi connectivity index (χ0v) is 34.9. The van der Waals surface area contributed by atoms with Gasteiger partial charge in [-0.3, -0.25) is 4.79 Å². The van der Waals surface area contributed by atoms with Crippen LogP contribution in [0.5, 0.6) is 17.2 Å². The number of carbonyl (C=O) groups excluding carboxylic acids is 1. The van der Waals surface area contributed by atoms with Gasteiger partial charge in [0.25, 0.3) is 6.04 Å². The maximum Gasteiger partial charge on any atom is 0.416 e. The van der Waals surface area contributed by atoms with Crippen molar-refractivity contribution < 1.29 is 58.6 Å². The maximum absolute atomic E-state index is 13.8. The number of benzene rings is 5. The number of alkyl halides is 6. The quantitative estimate of drug-likeness (QED) is 0.0586. The monoisotopic (exact) mass is 921 g/mol. The molecule has 0 aliphatic carbocycles. The molecule has 338 valence electrons. The van der Waals surface area contributed by atoms with Crippen LogP contribution in [-0.2, 0) is 38.5 Å². The number of hydrogen-bond donors (Lipinski definition) is 2. The van der Waals surface area contributed by atoms with Crippen LogP contribution in [0, 0.1) is 10.8 Å². The van der Waals surface area contributed by atoms with Crippen LogP contribution < -0.4 is 24.5 Å². The number of ether oxygens (including phenoxy) is 3. The van der Waals surface area contributed by atoms with Crippen LogP contribution in [0.2, 0.25) is 0 Å². The van der Waals surface area contributed by atoms with Gasteiger partial charge in [0.05, 0.1) is 70.6 Å². The third-order valence-corrected chi connectivity index (χ3v) is 11.9. The molecule has 1 amide bonds. The number of fused-ring (bicyclic) bond motifs is 2. The van der Waals surface area contributed by atoms with E-state index in [1.807, 2.05) is 6.07 Å². The van der Waals surface area contributed by atoms with E-state index in [1.165, 1.54) is 34.0 Å². The second-order valence-electron chi connectivity index (χ2n) is 15.2. The lowest BCUT2D eigenvalue weighted by atomic mass is 10.1. The fraction of sp³-hybridized carbons (Fsp3) is 0.244. The largest absolute Gasteiger partial charge is 0.493 e. The summed E-state index contributed by atoms with van der Waals surface area (Å²) in [4.78, 5) is 27.4. The van der Waals surface area contributed by atoms with Gasteiger partial charge in [0.15, 0.2) is 0 Å². The Morgan fingerprint density at radius 2 is 1.52 bits per heavy atom. The van der Waals surface area contributed by atoms with E-state index in [9.17, 15) is 44.5 Å². The predicted octanol–water partition coefficient (Wildman–Crippen LogP) is 8.95. The number of para-hydroxylation sites is 1. The van der Waals surface area contributed by atoms with E-state index in [2.05, 4.69) is 15.1 Å². The van der Waals surface area contributed by atoms with E-state index in [1.54, 1.807) is 60.7 Å².